The van der Waals surface area contributed by atoms with Crippen molar-refractivity contribution in [2.45, 2.75) is 32.1 Å². The minimum Gasteiger partial charge on any atom is -0.385 e. The Balaban J connectivity index is 2.69. The second-order valence-electron chi connectivity index (χ2n) is 2.71. The molecule has 0 aromatic rings. The van der Waals surface area contributed by atoms with Gasteiger partial charge in [-0.1, -0.05) is 19.3 Å². The molecule has 0 unspecified atom stereocenters. The number of nitrogens with one attached hydrogen (secondary N) is 1. The van der Waals surface area contributed by atoms with Crippen molar-refractivity contribution in [2.75, 3.05) is 20.3 Å². The summed E-state index contributed by atoms with van der Waals surface area (Å²) in [6.45, 7) is 1.83. The van der Waals surface area contributed by atoms with E-state index >= 15 is 0 Å². The second kappa shape index (κ2) is 9.88. The van der Waals surface area contributed by atoms with Gasteiger partial charge in [-0.15, -0.1) is 0 Å². The van der Waals surface area contributed by atoms with Crippen LogP contribution >= 0.6 is 0 Å². The van der Waals surface area contributed by atoms with Gasteiger partial charge in [0.05, 0.1) is 0 Å². The number of unbranched alkanes of at least 4 members (excludes halogenated alkanes) is 4. The molecule has 0 saturated heterocycles. The fourth-order valence-corrected chi connectivity index (χ4v) is 1.00. The van der Waals surface area contributed by atoms with Crippen molar-refractivity contribution >= 4 is 0 Å². The summed E-state index contributed by atoms with van der Waals surface area (Å²) >= 11 is 0. The Kier molecular flexibility index (Phi) is 9.77. The zero-order valence-corrected chi connectivity index (χ0v) is 7.44. The molecule has 3 N–H and O–H groups in total. The molecule has 0 amide bonds. The molecule has 11 heavy (non-hydrogen) atoms. The van der Waals surface area contributed by atoms with E-state index in [0.29, 0.717) is 0 Å². The summed E-state index contributed by atoms with van der Waals surface area (Å²) in [6.07, 6.45) is 6.22. The van der Waals surface area contributed by atoms with Crippen LogP contribution in [0.25, 0.3) is 0 Å². The number of hydrazine groups is 1. The van der Waals surface area contributed by atoms with Gasteiger partial charge < -0.3 is 4.74 Å². The number of hydrogen-bond donors (Lipinski definition) is 2. The summed E-state index contributed by atoms with van der Waals surface area (Å²) in [4.78, 5) is 0. The molecular weight excluding hydrogens is 140 g/mol. The maximum absolute atomic E-state index is 5.12. The average Bonchev–Trinajstić information content (AvgIpc) is 2.03. The molecule has 0 aliphatic carbocycles. The smallest absolute Gasteiger partial charge is 0.0462 e. The lowest BCUT2D eigenvalue weighted by molar-refractivity contribution is 0.192. The number of ether oxygens (including phenoxy) is 1. The Morgan fingerprint density at radius 3 is 2.36 bits per heavy atom. The minimum absolute atomic E-state index is 0.898. The third kappa shape index (κ3) is 9.88. The SMILES string of the molecule is COCCCCCCCNN. The molecule has 0 aromatic heterocycles. The molecule has 0 atom stereocenters. The average molecular weight is 160 g/mol. The highest BCUT2D eigenvalue weighted by Crippen LogP contribution is 2.01. The number of methoxy groups -OCH3 is 1. The van der Waals surface area contributed by atoms with Crippen LogP contribution in [-0.4, -0.2) is 20.3 Å². The fraction of sp³-hybridized carbons (Fsp3) is 1.00. The second-order valence-corrected chi connectivity index (χ2v) is 2.71. The van der Waals surface area contributed by atoms with Gasteiger partial charge in [-0.3, -0.25) is 11.3 Å². The maximum Gasteiger partial charge on any atom is 0.0462 e. The quantitative estimate of drug-likeness (QED) is 0.317. The number of nitrogens with two attached hydrogens (primary N) is 1. The normalized spacial score (nSPS) is 10.4. The fourth-order valence-electron chi connectivity index (χ4n) is 1.00. The van der Waals surface area contributed by atoms with Crippen molar-refractivity contribution < 1.29 is 4.74 Å². The van der Waals surface area contributed by atoms with E-state index in [-0.39, 0.29) is 0 Å². The third-order valence-electron chi connectivity index (χ3n) is 1.67. The first-order valence-corrected chi connectivity index (χ1v) is 4.34. The highest BCUT2D eigenvalue weighted by Gasteiger charge is 1.88. The molecule has 3 heteroatoms. The minimum atomic E-state index is 0.898. The Bertz CT molecular complexity index is 61.1. The Hall–Kier alpha value is -0.120. The van der Waals surface area contributed by atoms with Crippen LogP contribution in [0.15, 0.2) is 0 Å². The molecular formula is C8H20N2O. The lowest BCUT2D eigenvalue weighted by atomic mass is 10.1. The predicted molar refractivity (Wildman–Crippen MR) is 47.2 cm³/mol. The van der Waals surface area contributed by atoms with Crippen molar-refractivity contribution in [1.82, 2.24) is 5.43 Å². The lowest BCUT2D eigenvalue weighted by Crippen LogP contribution is -2.22. The highest BCUT2D eigenvalue weighted by molar-refractivity contribution is 4.44. The van der Waals surface area contributed by atoms with Gasteiger partial charge in [-0.05, 0) is 12.8 Å². The zero-order valence-electron chi connectivity index (χ0n) is 7.44. The Labute approximate surface area is 69.3 Å². The van der Waals surface area contributed by atoms with Gasteiger partial charge in [-0.25, -0.2) is 0 Å². The zero-order chi connectivity index (χ0) is 8.36. The van der Waals surface area contributed by atoms with Crippen LogP contribution in [0, 0.1) is 0 Å². The van der Waals surface area contributed by atoms with E-state index in [9.17, 15) is 0 Å². The number of rotatable bonds is 8. The maximum atomic E-state index is 5.12. The van der Waals surface area contributed by atoms with Gasteiger partial charge in [0, 0.05) is 20.3 Å². The summed E-state index contributed by atoms with van der Waals surface area (Å²) in [5.74, 6) is 5.12. The molecule has 0 saturated carbocycles. The van der Waals surface area contributed by atoms with Crippen molar-refractivity contribution in [3.8, 4) is 0 Å². The summed E-state index contributed by atoms with van der Waals surface area (Å²) in [7, 11) is 1.75. The molecule has 3 nitrogen and oxygen atoms in total. The van der Waals surface area contributed by atoms with Crippen LogP contribution in [0.5, 0.6) is 0 Å². The van der Waals surface area contributed by atoms with Gasteiger partial charge in [-0.2, -0.15) is 0 Å². The molecule has 68 valence electrons. The molecule has 0 rings (SSSR count). The first-order chi connectivity index (χ1) is 5.41. The monoisotopic (exact) mass is 160 g/mol. The Morgan fingerprint density at radius 2 is 1.73 bits per heavy atom. The van der Waals surface area contributed by atoms with E-state index in [2.05, 4.69) is 5.43 Å². The summed E-state index contributed by atoms with van der Waals surface area (Å²) in [5.41, 5.74) is 2.65. The first kappa shape index (κ1) is 10.9. The van der Waals surface area contributed by atoms with Crippen LogP contribution < -0.4 is 11.3 Å². The van der Waals surface area contributed by atoms with E-state index < -0.39 is 0 Å². The largest absolute Gasteiger partial charge is 0.385 e. The van der Waals surface area contributed by atoms with Gasteiger partial charge in [0.1, 0.15) is 0 Å². The van der Waals surface area contributed by atoms with Crippen LogP contribution in [-0.2, 0) is 4.74 Å². The molecule has 0 aliphatic rings. The standard InChI is InChI=1S/C8H20N2O/c1-11-8-6-4-2-3-5-7-10-9/h10H,2-9H2,1H3. The summed E-state index contributed by atoms with van der Waals surface area (Å²) in [5, 5.41) is 0. The van der Waals surface area contributed by atoms with Crippen molar-refractivity contribution in [3.63, 3.8) is 0 Å². The molecule has 0 aromatic carbocycles. The van der Waals surface area contributed by atoms with E-state index in [1.165, 1.54) is 32.1 Å². The highest BCUT2D eigenvalue weighted by atomic mass is 16.5. The van der Waals surface area contributed by atoms with E-state index in [1.54, 1.807) is 7.11 Å². The van der Waals surface area contributed by atoms with Gasteiger partial charge >= 0.3 is 0 Å². The van der Waals surface area contributed by atoms with Gasteiger partial charge in [0.25, 0.3) is 0 Å². The third-order valence-corrected chi connectivity index (χ3v) is 1.67. The topological polar surface area (TPSA) is 47.3 Å². The first-order valence-electron chi connectivity index (χ1n) is 4.34. The Morgan fingerprint density at radius 1 is 1.09 bits per heavy atom. The summed E-state index contributed by atoms with van der Waals surface area (Å²) in [6, 6.07) is 0. The number of hydrogen-bond acceptors (Lipinski definition) is 3. The van der Waals surface area contributed by atoms with Crippen LogP contribution in [0.2, 0.25) is 0 Å². The molecule has 0 spiro atoms. The van der Waals surface area contributed by atoms with E-state index in [1.807, 2.05) is 0 Å². The summed E-state index contributed by atoms with van der Waals surface area (Å²) < 4.78 is 4.94. The molecule has 0 radical (unpaired) electrons. The van der Waals surface area contributed by atoms with Gasteiger partial charge in [0.2, 0.25) is 0 Å². The predicted octanol–water partition coefficient (Wildman–Crippen LogP) is 1.05. The molecule has 0 fully saturated rings. The van der Waals surface area contributed by atoms with Crippen molar-refractivity contribution in [3.05, 3.63) is 0 Å². The van der Waals surface area contributed by atoms with Crippen LogP contribution in [0.3, 0.4) is 0 Å². The van der Waals surface area contributed by atoms with E-state index in [0.717, 1.165) is 13.2 Å². The molecule has 0 bridgehead atoms. The van der Waals surface area contributed by atoms with Crippen LogP contribution in [0.4, 0.5) is 0 Å². The van der Waals surface area contributed by atoms with Crippen LogP contribution in [0.1, 0.15) is 32.1 Å². The van der Waals surface area contributed by atoms with Crippen molar-refractivity contribution in [2.24, 2.45) is 5.84 Å². The van der Waals surface area contributed by atoms with Gasteiger partial charge in [0.15, 0.2) is 0 Å². The van der Waals surface area contributed by atoms with Crippen molar-refractivity contribution in [1.29, 1.82) is 0 Å². The molecule has 0 aliphatic heterocycles. The lowest BCUT2D eigenvalue weighted by Gasteiger charge is -2.00. The molecule has 0 heterocycles. The van der Waals surface area contributed by atoms with E-state index in [4.69, 9.17) is 10.6 Å².